The zero-order valence-electron chi connectivity index (χ0n) is 14.3. The van der Waals surface area contributed by atoms with Crippen LogP contribution in [0.25, 0.3) is 17.1 Å². The van der Waals surface area contributed by atoms with Gasteiger partial charge in [-0.2, -0.15) is 0 Å². The van der Waals surface area contributed by atoms with Crippen LogP contribution in [0, 0.1) is 24.0 Å². The number of halogens is 2. The maximum atomic E-state index is 13.2. The molecular formula is C20H15F2N4Pt+. The van der Waals surface area contributed by atoms with Gasteiger partial charge in [0.2, 0.25) is 6.33 Å². The van der Waals surface area contributed by atoms with Crippen molar-refractivity contribution in [2.24, 2.45) is 7.05 Å². The fourth-order valence-corrected chi connectivity index (χ4v) is 2.18. The summed E-state index contributed by atoms with van der Waals surface area (Å²) in [5, 5.41) is 0. The maximum absolute atomic E-state index is 13.2. The van der Waals surface area contributed by atoms with Crippen molar-refractivity contribution in [3.8, 4) is 17.1 Å². The van der Waals surface area contributed by atoms with Gasteiger partial charge in [0, 0.05) is 36.4 Å². The molecule has 0 spiro atoms. The molecule has 4 nitrogen and oxygen atoms in total. The molecule has 0 atom stereocenters. The van der Waals surface area contributed by atoms with E-state index >= 15 is 0 Å². The fourth-order valence-electron chi connectivity index (χ4n) is 2.18. The number of benzene rings is 1. The van der Waals surface area contributed by atoms with E-state index in [-0.39, 0.29) is 26.6 Å². The van der Waals surface area contributed by atoms with Gasteiger partial charge in [0.15, 0.2) is 0 Å². The van der Waals surface area contributed by atoms with Crippen molar-refractivity contribution < 1.29 is 34.4 Å². The van der Waals surface area contributed by atoms with Gasteiger partial charge in [0.05, 0.1) is 7.05 Å². The summed E-state index contributed by atoms with van der Waals surface area (Å²) in [7, 11) is 1.93. The standard InChI is InChI=1S/C11H6F2N.C9H9N3.Pt/c12-8-4-5-9(10(13)7-8)11-3-1-2-6-14-11;1-11-6-7-12(8-11)9-4-2-3-5-10-9;/h1-4,6-7H;2-7H,1H3;/q-1;;+2. The van der Waals surface area contributed by atoms with E-state index in [0.717, 1.165) is 18.0 Å². The van der Waals surface area contributed by atoms with Crippen LogP contribution in [0.4, 0.5) is 8.78 Å². The smallest absolute Gasteiger partial charge is 0.323 e. The van der Waals surface area contributed by atoms with Gasteiger partial charge in [0.1, 0.15) is 5.82 Å². The monoisotopic (exact) mass is 544 g/mol. The van der Waals surface area contributed by atoms with E-state index < -0.39 is 11.6 Å². The third-order valence-electron chi connectivity index (χ3n) is 3.38. The van der Waals surface area contributed by atoms with E-state index in [2.05, 4.69) is 22.4 Å². The molecule has 7 heteroatoms. The molecule has 0 fully saturated rings. The van der Waals surface area contributed by atoms with Gasteiger partial charge >= 0.3 is 21.1 Å². The number of hydrogen-bond acceptors (Lipinski definition) is 2. The van der Waals surface area contributed by atoms with Crippen molar-refractivity contribution in [1.29, 1.82) is 0 Å². The average Bonchev–Trinajstić information content (AvgIpc) is 3.10. The normalized spacial score (nSPS) is 9.74. The van der Waals surface area contributed by atoms with E-state index in [1.54, 1.807) is 30.6 Å². The SMILES string of the molecule is C[n+]1[c-]n(-c2ccccn2)cc1.Fc1c[c-]c(-c2ccccn2)c(F)c1.[Pt+2]. The first-order valence-electron chi connectivity index (χ1n) is 7.79. The fraction of sp³-hybridized carbons (Fsp3) is 0.0500. The number of nitrogens with zero attached hydrogens (tertiary/aromatic N) is 4. The van der Waals surface area contributed by atoms with Gasteiger partial charge in [-0.3, -0.25) is 13.8 Å². The van der Waals surface area contributed by atoms with Crippen LogP contribution in [0.2, 0.25) is 0 Å². The number of rotatable bonds is 2. The van der Waals surface area contributed by atoms with Crippen LogP contribution in [0.1, 0.15) is 0 Å². The molecule has 0 bridgehead atoms. The molecule has 3 heterocycles. The molecule has 4 aromatic rings. The second-order valence-electron chi connectivity index (χ2n) is 5.32. The second kappa shape index (κ2) is 9.83. The quantitative estimate of drug-likeness (QED) is 0.287. The van der Waals surface area contributed by atoms with Gasteiger partial charge < -0.3 is 14.1 Å². The molecule has 4 rings (SSSR count). The molecule has 0 N–H and O–H groups in total. The molecule has 0 radical (unpaired) electrons. The van der Waals surface area contributed by atoms with Gasteiger partial charge in [-0.1, -0.05) is 29.8 Å². The minimum atomic E-state index is -0.649. The summed E-state index contributed by atoms with van der Waals surface area (Å²) in [5.74, 6) is -0.399. The first kappa shape index (κ1) is 20.6. The van der Waals surface area contributed by atoms with Gasteiger partial charge in [-0.05, 0) is 23.9 Å². The Bertz CT molecular complexity index is 976. The predicted molar refractivity (Wildman–Crippen MR) is 92.0 cm³/mol. The zero-order valence-corrected chi connectivity index (χ0v) is 16.6. The zero-order chi connectivity index (χ0) is 18.4. The molecule has 138 valence electrons. The minimum Gasteiger partial charge on any atom is -0.323 e. The molecular weight excluding hydrogens is 529 g/mol. The largest absolute Gasteiger partial charge is 2.00 e. The van der Waals surface area contributed by atoms with Crippen molar-refractivity contribution in [3.63, 3.8) is 0 Å². The summed E-state index contributed by atoms with van der Waals surface area (Å²) < 4.78 is 29.5. The molecule has 0 aliphatic heterocycles. The van der Waals surface area contributed by atoms with Gasteiger partial charge in [-0.15, -0.1) is 12.1 Å². The van der Waals surface area contributed by atoms with Crippen molar-refractivity contribution in [2.45, 2.75) is 0 Å². The van der Waals surface area contributed by atoms with Crippen molar-refractivity contribution >= 4 is 0 Å². The van der Waals surface area contributed by atoms with E-state index in [9.17, 15) is 8.78 Å². The number of imidazole rings is 1. The molecule has 27 heavy (non-hydrogen) atoms. The van der Waals surface area contributed by atoms with E-state index in [1.807, 2.05) is 46.8 Å². The number of aryl methyl sites for hydroxylation is 1. The summed E-state index contributed by atoms with van der Waals surface area (Å²) in [6, 6.07) is 15.3. The van der Waals surface area contributed by atoms with Crippen LogP contribution in [0.3, 0.4) is 0 Å². The van der Waals surface area contributed by atoms with Crippen LogP contribution in [-0.4, -0.2) is 14.5 Å². The summed E-state index contributed by atoms with van der Waals surface area (Å²) in [4.78, 5) is 8.13. The molecule has 3 aromatic heterocycles. The third-order valence-corrected chi connectivity index (χ3v) is 3.38. The molecule has 0 unspecified atom stereocenters. The molecule has 0 saturated carbocycles. The van der Waals surface area contributed by atoms with Crippen LogP contribution in [0.15, 0.2) is 73.3 Å². The van der Waals surface area contributed by atoms with Crippen LogP contribution >= 0.6 is 0 Å². The Balaban J connectivity index is 0.000000189. The Labute approximate surface area is 170 Å². The summed E-state index contributed by atoms with van der Waals surface area (Å²) in [6.45, 7) is 0. The molecule has 0 aliphatic carbocycles. The minimum absolute atomic E-state index is 0. The van der Waals surface area contributed by atoms with Crippen molar-refractivity contribution in [2.75, 3.05) is 0 Å². The second-order valence-corrected chi connectivity index (χ2v) is 5.32. The maximum Gasteiger partial charge on any atom is 2.00 e. The predicted octanol–water partition coefficient (Wildman–Crippen LogP) is 3.32. The van der Waals surface area contributed by atoms with Gasteiger partial charge in [0.25, 0.3) is 0 Å². The molecule has 1 aromatic carbocycles. The first-order chi connectivity index (χ1) is 12.6. The van der Waals surface area contributed by atoms with E-state index in [4.69, 9.17) is 0 Å². The summed E-state index contributed by atoms with van der Waals surface area (Å²) >= 11 is 0. The Morgan fingerprint density at radius 3 is 2.33 bits per heavy atom. The summed E-state index contributed by atoms with van der Waals surface area (Å²) in [5.41, 5.74) is 0.636. The molecule has 0 aliphatic rings. The Kier molecular flexibility index (Phi) is 7.50. The van der Waals surface area contributed by atoms with Gasteiger partial charge in [-0.25, -0.2) is 0 Å². The van der Waals surface area contributed by atoms with Crippen molar-refractivity contribution in [3.05, 3.63) is 97.3 Å². The van der Waals surface area contributed by atoms with Crippen molar-refractivity contribution in [1.82, 2.24) is 14.5 Å². The van der Waals surface area contributed by atoms with Crippen LogP contribution in [0.5, 0.6) is 0 Å². The Morgan fingerprint density at radius 2 is 1.78 bits per heavy atom. The Morgan fingerprint density at radius 1 is 1.04 bits per heavy atom. The summed E-state index contributed by atoms with van der Waals surface area (Å²) in [6.07, 6.45) is 10.2. The molecule has 0 saturated heterocycles. The Hall–Kier alpha value is -2.72. The number of hydrogen-bond donors (Lipinski definition) is 0. The van der Waals surface area contributed by atoms with Crippen LogP contribution in [-0.2, 0) is 28.1 Å². The topological polar surface area (TPSA) is 34.6 Å². The third kappa shape index (κ3) is 5.63. The molecule has 0 amide bonds. The number of aromatic nitrogens is 4. The van der Waals surface area contributed by atoms with E-state index in [0.29, 0.717) is 5.69 Å². The first-order valence-corrected chi connectivity index (χ1v) is 7.79. The van der Waals surface area contributed by atoms with E-state index in [1.165, 1.54) is 0 Å². The van der Waals surface area contributed by atoms with Crippen LogP contribution < -0.4 is 4.57 Å². The average molecular weight is 544 g/mol. The number of pyridine rings is 2.